The van der Waals surface area contributed by atoms with Gasteiger partial charge in [-0.15, -0.1) is 10.2 Å². The summed E-state index contributed by atoms with van der Waals surface area (Å²) in [6, 6.07) is 16.6. The van der Waals surface area contributed by atoms with Crippen LogP contribution in [-0.2, 0) is 19.4 Å². The van der Waals surface area contributed by atoms with Gasteiger partial charge in [0.2, 0.25) is 5.82 Å². The van der Waals surface area contributed by atoms with E-state index < -0.39 is 5.82 Å². The second-order valence-corrected chi connectivity index (χ2v) is 8.53. The Hall–Kier alpha value is -4.40. The Morgan fingerprint density at radius 3 is 2.53 bits per heavy atom. The minimum Gasteiger partial charge on any atom is -0.290 e. The summed E-state index contributed by atoms with van der Waals surface area (Å²) in [7, 11) is 0. The highest BCUT2D eigenvalue weighted by atomic mass is 19.1. The number of benzene rings is 2. The molecule has 36 heavy (non-hydrogen) atoms. The first kappa shape index (κ1) is 23.3. The van der Waals surface area contributed by atoms with Crippen LogP contribution in [0, 0.1) is 5.82 Å². The fraction of sp³-hybridized carbons (Fsp3) is 0.222. The normalized spacial score (nSPS) is 11.2. The summed E-state index contributed by atoms with van der Waals surface area (Å²) in [5.41, 5.74) is 5.10. The van der Waals surface area contributed by atoms with Crippen LogP contribution in [0.5, 0.6) is 0 Å². The summed E-state index contributed by atoms with van der Waals surface area (Å²) >= 11 is 0. The second-order valence-electron chi connectivity index (χ2n) is 8.53. The maximum Gasteiger partial charge on any atom is 0.333 e. The minimum absolute atomic E-state index is 0.272. The van der Waals surface area contributed by atoms with E-state index >= 15 is 0 Å². The van der Waals surface area contributed by atoms with Gasteiger partial charge in [-0.05, 0) is 41.3 Å². The van der Waals surface area contributed by atoms with Crippen LogP contribution in [0.25, 0.3) is 28.2 Å². The van der Waals surface area contributed by atoms with Crippen LogP contribution in [0.4, 0.5) is 4.39 Å². The van der Waals surface area contributed by atoms with Gasteiger partial charge >= 0.3 is 5.69 Å². The predicted molar refractivity (Wildman–Crippen MR) is 135 cm³/mol. The van der Waals surface area contributed by atoms with E-state index in [0.29, 0.717) is 30.9 Å². The summed E-state index contributed by atoms with van der Waals surface area (Å²) in [6.07, 6.45) is 5.73. The Kier molecular flexibility index (Phi) is 6.53. The molecule has 3 heterocycles. The molecule has 2 aromatic carbocycles. The van der Waals surface area contributed by atoms with Crippen molar-refractivity contribution in [3.8, 4) is 28.2 Å². The third kappa shape index (κ3) is 4.35. The number of nitrogens with one attached hydrogen (secondary N) is 1. The number of halogens is 1. The first-order valence-electron chi connectivity index (χ1n) is 12.0. The van der Waals surface area contributed by atoms with Crippen molar-refractivity contribution in [1.82, 2.24) is 34.7 Å². The van der Waals surface area contributed by atoms with Crippen molar-refractivity contribution >= 4 is 0 Å². The maximum atomic E-state index is 14.8. The molecule has 5 rings (SSSR count). The molecule has 0 amide bonds. The lowest BCUT2D eigenvalue weighted by Crippen LogP contribution is -2.26. The van der Waals surface area contributed by atoms with E-state index in [1.807, 2.05) is 49.4 Å². The zero-order valence-corrected chi connectivity index (χ0v) is 20.1. The van der Waals surface area contributed by atoms with Gasteiger partial charge < -0.3 is 0 Å². The standard InChI is InChI=1S/C27H26FN7O/c1-3-8-21-17-35(25-18(4-2)9-7-12-24(25)28)27(36)34(21)16-20-14-13-19(15-29-20)22-10-5-6-11-23(22)26-30-32-33-31-26/h5-7,9-15,17H,3-4,8,16H2,1-2H3,(H,30,31,32,33). The average Bonchev–Trinajstić information content (AvgIpc) is 3.54. The number of hydrogen-bond acceptors (Lipinski definition) is 5. The fourth-order valence-electron chi connectivity index (χ4n) is 4.47. The smallest absolute Gasteiger partial charge is 0.290 e. The summed E-state index contributed by atoms with van der Waals surface area (Å²) in [5, 5.41) is 14.3. The molecule has 9 heteroatoms. The molecule has 8 nitrogen and oxygen atoms in total. The van der Waals surface area contributed by atoms with Crippen LogP contribution >= 0.6 is 0 Å². The van der Waals surface area contributed by atoms with Crippen LogP contribution in [0.3, 0.4) is 0 Å². The van der Waals surface area contributed by atoms with Gasteiger partial charge in [0.05, 0.1) is 17.9 Å². The minimum atomic E-state index is -0.403. The van der Waals surface area contributed by atoms with E-state index in [1.54, 1.807) is 23.0 Å². The topological polar surface area (TPSA) is 94.3 Å². The number of imidazole rings is 1. The number of rotatable bonds is 8. The third-order valence-electron chi connectivity index (χ3n) is 6.23. The number of H-pyrrole nitrogens is 1. The summed E-state index contributed by atoms with van der Waals surface area (Å²) < 4.78 is 17.9. The lowest BCUT2D eigenvalue weighted by atomic mass is 10.0. The van der Waals surface area contributed by atoms with Gasteiger partial charge in [0.15, 0.2) is 0 Å². The zero-order valence-electron chi connectivity index (χ0n) is 20.1. The highest BCUT2D eigenvalue weighted by Crippen LogP contribution is 2.29. The second kappa shape index (κ2) is 10.1. The fourth-order valence-corrected chi connectivity index (χ4v) is 4.47. The van der Waals surface area contributed by atoms with Crippen LogP contribution in [-0.4, -0.2) is 34.7 Å². The van der Waals surface area contributed by atoms with Gasteiger partial charge in [0, 0.05) is 29.2 Å². The molecule has 0 spiro atoms. The van der Waals surface area contributed by atoms with Crippen molar-refractivity contribution in [3.63, 3.8) is 0 Å². The summed E-state index contributed by atoms with van der Waals surface area (Å²) in [4.78, 5) is 18.1. The molecule has 0 unspecified atom stereocenters. The number of aromatic amines is 1. The Balaban J connectivity index is 1.50. The van der Waals surface area contributed by atoms with Crippen molar-refractivity contribution < 1.29 is 4.39 Å². The van der Waals surface area contributed by atoms with Crippen LogP contribution in [0.15, 0.2) is 71.8 Å². The lowest BCUT2D eigenvalue weighted by Gasteiger charge is -2.10. The van der Waals surface area contributed by atoms with E-state index in [0.717, 1.165) is 40.1 Å². The molecule has 0 aliphatic heterocycles. The van der Waals surface area contributed by atoms with E-state index in [2.05, 4.69) is 32.5 Å². The Bertz CT molecular complexity index is 1540. The van der Waals surface area contributed by atoms with Crippen LogP contribution in [0.2, 0.25) is 0 Å². The number of tetrazole rings is 1. The third-order valence-corrected chi connectivity index (χ3v) is 6.23. The van der Waals surface area contributed by atoms with E-state index in [-0.39, 0.29) is 5.69 Å². The molecule has 0 bridgehead atoms. The highest BCUT2D eigenvalue weighted by molar-refractivity contribution is 5.79. The molecular weight excluding hydrogens is 457 g/mol. The quantitative estimate of drug-likeness (QED) is 0.349. The molecule has 0 radical (unpaired) electrons. The highest BCUT2D eigenvalue weighted by Gasteiger charge is 2.18. The van der Waals surface area contributed by atoms with Gasteiger partial charge in [0.1, 0.15) is 5.82 Å². The van der Waals surface area contributed by atoms with Crippen molar-refractivity contribution in [1.29, 1.82) is 0 Å². The van der Waals surface area contributed by atoms with Crippen molar-refractivity contribution in [2.45, 2.75) is 39.7 Å². The monoisotopic (exact) mass is 483 g/mol. The molecule has 1 N–H and O–H groups in total. The predicted octanol–water partition coefficient (Wildman–Crippen LogP) is 4.58. The van der Waals surface area contributed by atoms with E-state index in [4.69, 9.17) is 0 Å². The van der Waals surface area contributed by atoms with Crippen molar-refractivity contribution in [3.05, 3.63) is 100 Å². The van der Waals surface area contributed by atoms with Crippen molar-refractivity contribution in [2.24, 2.45) is 0 Å². The molecule has 0 aliphatic carbocycles. The largest absolute Gasteiger partial charge is 0.333 e. The first-order valence-corrected chi connectivity index (χ1v) is 12.0. The van der Waals surface area contributed by atoms with Gasteiger partial charge in [0.25, 0.3) is 0 Å². The molecule has 0 aliphatic rings. The average molecular weight is 484 g/mol. The van der Waals surface area contributed by atoms with Gasteiger partial charge in [-0.2, -0.15) is 5.21 Å². The SMILES string of the molecule is CCCc1cn(-c2c(F)cccc2CC)c(=O)n1Cc1ccc(-c2ccccc2-c2nn[nH]n2)cn1. The van der Waals surface area contributed by atoms with E-state index in [1.165, 1.54) is 10.6 Å². The Morgan fingerprint density at radius 1 is 1.00 bits per heavy atom. The summed E-state index contributed by atoms with van der Waals surface area (Å²) in [6.45, 7) is 4.31. The molecule has 0 saturated carbocycles. The molecule has 5 aromatic rings. The molecule has 0 saturated heterocycles. The van der Waals surface area contributed by atoms with Crippen LogP contribution in [0.1, 0.15) is 37.2 Å². The Morgan fingerprint density at radius 2 is 1.83 bits per heavy atom. The maximum absolute atomic E-state index is 14.8. The van der Waals surface area contributed by atoms with Gasteiger partial charge in [-0.3, -0.25) is 14.1 Å². The number of para-hydroxylation sites is 1. The number of hydrogen-bond donors (Lipinski definition) is 1. The van der Waals surface area contributed by atoms with Gasteiger partial charge in [-0.25, -0.2) is 9.18 Å². The van der Waals surface area contributed by atoms with E-state index in [9.17, 15) is 9.18 Å². The molecule has 0 fully saturated rings. The van der Waals surface area contributed by atoms with Crippen molar-refractivity contribution in [2.75, 3.05) is 0 Å². The zero-order chi connectivity index (χ0) is 25.1. The molecule has 182 valence electrons. The van der Waals surface area contributed by atoms with Crippen LogP contribution < -0.4 is 5.69 Å². The molecule has 3 aromatic heterocycles. The number of nitrogens with zero attached hydrogens (tertiary/aromatic N) is 6. The lowest BCUT2D eigenvalue weighted by molar-refractivity contribution is 0.609. The number of aryl methyl sites for hydroxylation is 2. The van der Waals surface area contributed by atoms with Gasteiger partial charge in [-0.1, -0.05) is 62.7 Å². The number of aromatic nitrogens is 7. The Labute approximate surface area is 207 Å². The first-order chi connectivity index (χ1) is 17.6. The number of pyridine rings is 1. The summed E-state index contributed by atoms with van der Waals surface area (Å²) in [5.74, 6) is 0.103. The molecule has 0 atom stereocenters. The molecular formula is C27H26FN7O.